The molecule has 0 amide bonds. The molecular weight excluding hydrogens is 360 g/mol. The fourth-order valence-electron chi connectivity index (χ4n) is 4.02. The summed E-state index contributed by atoms with van der Waals surface area (Å²) in [5.41, 5.74) is 4.62. The molecule has 6 heteroatoms. The van der Waals surface area contributed by atoms with Gasteiger partial charge in [-0.3, -0.25) is 4.90 Å². The third-order valence-electron chi connectivity index (χ3n) is 5.68. The third kappa shape index (κ3) is 3.74. The van der Waals surface area contributed by atoms with Crippen LogP contribution in [0.5, 0.6) is 5.75 Å². The maximum atomic E-state index is 12.8. The van der Waals surface area contributed by atoms with E-state index in [1.165, 1.54) is 11.1 Å². The summed E-state index contributed by atoms with van der Waals surface area (Å²) in [6.07, 6.45) is 3.30. The maximum Gasteiger partial charge on any atom is 0.243 e. The molecule has 5 nitrogen and oxygen atoms in total. The SMILES string of the molecule is Cc1ccc(S(=O)(=O)N2CCN(Cc3cc4c(cc3O)CCC4)CC2)cc1. The van der Waals surface area contributed by atoms with Gasteiger partial charge in [-0.1, -0.05) is 23.8 Å². The minimum absolute atomic E-state index is 0.359. The van der Waals surface area contributed by atoms with Gasteiger partial charge >= 0.3 is 0 Å². The lowest BCUT2D eigenvalue weighted by atomic mass is 10.0. The second-order valence-corrected chi connectivity index (χ2v) is 9.53. The van der Waals surface area contributed by atoms with Crippen LogP contribution in [-0.2, 0) is 29.4 Å². The van der Waals surface area contributed by atoms with Crippen molar-refractivity contribution in [1.29, 1.82) is 0 Å². The largest absolute Gasteiger partial charge is 0.508 e. The first-order chi connectivity index (χ1) is 12.9. The van der Waals surface area contributed by atoms with Gasteiger partial charge in [0.25, 0.3) is 0 Å². The second-order valence-electron chi connectivity index (χ2n) is 7.60. The monoisotopic (exact) mass is 386 g/mol. The Hall–Kier alpha value is -1.89. The molecule has 1 aliphatic carbocycles. The normalized spacial score (nSPS) is 18.6. The minimum Gasteiger partial charge on any atom is -0.508 e. The molecule has 0 spiro atoms. The summed E-state index contributed by atoms with van der Waals surface area (Å²) in [7, 11) is -3.43. The summed E-state index contributed by atoms with van der Waals surface area (Å²) in [5.74, 6) is 0.366. The van der Waals surface area contributed by atoms with E-state index in [1.54, 1.807) is 16.4 Å². The number of phenolic OH excluding ortho intramolecular Hbond substituents is 1. The molecule has 2 aromatic carbocycles. The molecule has 1 heterocycles. The van der Waals surface area contributed by atoms with Crippen molar-refractivity contribution >= 4 is 10.0 Å². The van der Waals surface area contributed by atoms with E-state index < -0.39 is 10.0 Å². The average Bonchev–Trinajstić information content (AvgIpc) is 3.10. The Balaban J connectivity index is 1.41. The number of rotatable bonds is 4. The zero-order chi connectivity index (χ0) is 19.0. The molecule has 144 valence electrons. The molecule has 27 heavy (non-hydrogen) atoms. The fourth-order valence-corrected chi connectivity index (χ4v) is 5.44. The van der Waals surface area contributed by atoms with Gasteiger partial charge < -0.3 is 5.11 Å². The van der Waals surface area contributed by atoms with Crippen LogP contribution in [0.25, 0.3) is 0 Å². The molecular formula is C21H26N2O3S. The number of nitrogens with zero attached hydrogens (tertiary/aromatic N) is 2. The zero-order valence-electron chi connectivity index (χ0n) is 15.7. The maximum absolute atomic E-state index is 12.8. The Morgan fingerprint density at radius 2 is 1.59 bits per heavy atom. The number of sulfonamides is 1. The van der Waals surface area contributed by atoms with Crippen molar-refractivity contribution < 1.29 is 13.5 Å². The number of hydrogen-bond acceptors (Lipinski definition) is 4. The standard InChI is InChI=1S/C21H26N2O3S/c1-16-5-7-20(8-6-16)27(25,26)23-11-9-22(10-12-23)15-19-13-17-3-2-4-18(17)14-21(19)24/h5-8,13-14,24H,2-4,9-12,15H2,1H3. The third-order valence-corrected chi connectivity index (χ3v) is 7.59. The van der Waals surface area contributed by atoms with E-state index in [0.717, 1.165) is 30.4 Å². The van der Waals surface area contributed by atoms with Crippen LogP contribution in [0, 0.1) is 6.92 Å². The number of piperazine rings is 1. The van der Waals surface area contributed by atoms with E-state index in [-0.39, 0.29) is 0 Å². The molecule has 0 aromatic heterocycles. The molecule has 4 rings (SSSR count). The van der Waals surface area contributed by atoms with Gasteiger partial charge in [-0.25, -0.2) is 8.42 Å². The molecule has 0 bridgehead atoms. The molecule has 0 unspecified atom stereocenters. The van der Waals surface area contributed by atoms with E-state index in [9.17, 15) is 13.5 Å². The number of phenols is 1. The van der Waals surface area contributed by atoms with Gasteiger partial charge in [0.2, 0.25) is 10.0 Å². The lowest BCUT2D eigenvalue weighted by molar-refractivity contribution is 0.180. The highest BCUT2D eigenvalue weighted by molar-refractivity contribution is 7.89. The Morgan fingerprint density at radius 3 is 2.26 bits per heavy atom. The lowest BCUT2D eigenvalue weighted by Crippen LogP contribution is -2.48. The molecule has 2 aromatic rings. The summed E-state index contributed by atoms with van der Waals surface area (Å²) >= 11 is 0. The van der Waals surface area contributed by atoms with Crippen molar-refractivity contribution in [3.05, 3.63) is 58.7 Å². The number of aromatic hydroxyl groups is 1. The number of aryl methyl sites for hydroxylation is 3. The van der Waals surface area contributed by atoms with Crippen molar-refractivity contribution in [1.82, 2.24) is 9.21 Å². The number of hydrogen-bond donors (Lipinski definition) is 1. The quantitative estimate of drug-likeness (QED) is 0.878. The first-order valence-corrected chi connectivity index (χ1v) is 11.0. The van der Waals surface area contributed by atoms with Crippen LogP contribution in [0.15, 0.2) is 41.3 Å². The van der Waals surface area contributed by atoms with Gasteiger partial charge in [-0.15, -0.1) is 0 Å². The summed E-state index contributed by atoms with van der Waals surface area (Å²) in [6.45, 7) is 4.90. The summed E-state index contributed by atoms with van der Waals surface area (Å²) in [5, 5.41) is 10.3. The van der Waals surface area contributed by atoms with Gasteiger partial charge in [0.05, 0.1) is 4.90 Å². The predicted octanol–water partition coefficient (Wildman–Crippen LogP) is 2.70. The van der Waals surface area contributed by atoms with E-state index in [2.05, 4.69) is 11.0 Å². The highest BCUT2D eigenvalue weighted by atomic mass is 32.2. The summed E-state index contributed by atoms with van der Waals surface area (Å²) in [4.78, 5) is 2.58. The highest BCUT2D eigenvalue weighted by Crippen LogP contribution is 2.30. The van der Waals surface area contributed by atoms with Crippen molar-refractivity contribution in [2.75, 3.05) is 26.2 Å². The summed E-state index contributed by atoms with van der Waals surface area (Å²) in [6, 6.07) is 11.1. The van der Waals surface area contributed by atoms with Crippen LogP contribution < -0.4 is 0 Å². The van der Waals surface area contributed by atoms with Crippen molar-refractivity contribution in [2.24, 2.45) is 0 Å². The van der Waals surface area contributed by atoms with Gasteiger partial charge in [0.15, 0.2) is 0 Å². The van der Waals surface area contributed by atoms with Gasteiger partial charge in [-0.2, -0.15) is 4.31 Å². The fraction of sp³-hybridized carbons (Fsp3) is 0.429. The lowest BCUT2D eigenvalue weighted by Gasteiger charge is -2.34. The zero-order valence-corrected chi connectivity index (χ0v) is 16.5. The molecule has 2 aliphatic rings. The van der Waals surface area contributed by atoms with E-state index in [1.807, 2.05) is 25.1 Å². The topological polar surface area (TPSA) is 60.9 Å². The molecule has 1 saturated heterocycles. The minimum atomic E-state index is -3.43. The molecule has 1 fully saturated rings. The molecule has 0 saturated carbocycles. The second kappa shape index (κ2) is 7.26. The van der Waals surface area contributed by atoms with Crippen LogP contribution >= 0.6 is 0 Å². The van der Waals surface area contributed by atoms with Crippen molar-refractivity contribution in [3.63, 3.8) is 0 Å². The number of benzene rings is 2. The van der Waals surface area contributed by atoms with Crippen LogP contribution in [0.3, 0.4) is 0 Å². The Labute approximate surface area is 161 Å². The first-order valence-electron chi connectivity index (χ1n) is 9.56. The van der Waals surface area contributed by atoms with E-state index in [4.69, 9.17) is 0 Å². The molecule has 0 atom stereocenters. The molecule has 0 radical (unpaired) electrons. The smallest absolute Gasteiger partial charge is 0.243 e. The van der Waals surface area contributed by atoms with Crippen molar-refractivity contribution in [2.45, 2.75) is 37.6 Å². The highest BCUT2D eigenvalue weighted by Gasteiger charge is 2.28. The van der Waals surface area contributed by atoms with Crippen LogP contribution in [0.4, 0.5) is 0 Å². The Kier molecular flexibility index (Phi) is 4.97. The predicted molar refractivity (Wildman–Crippen MR) is 105 cm³/mol. The Bertz CT molecular complexity index is 931. The van der Waals surface area contributed by atoms with E-state index in [0.29, 0.717) is 43.4 Å². The van der Waals surface area contributed by atoms with E-state index >= 15 is 0 Å². The van der Waals surface area contributed by atoms with Crippen LogP contribution in [0.2, 0.25) is 0 Å². The van der Waals surface area contributed by atoms with Crippen LogP contribution in [0.1, 0.15) is 28.7 Å². The van der Waals surface area contributed by atoms with Gasteiger partial charge in [0, 0.05) is 38.3 Å². The average molecular weight is 387 g/mol. The number of fused-ring (bicyclic) bond motifs is 1. The van der Waals surface area contributed by atoms with Gasteiger partial charge in [-0.05, 0) is 55.5 Å². The van der Waals surface area contributed by atoms with Crippen molar-refractivity contribution in [3.8, 4) is 5.75 Å². The van der Waals surface area contributed by atoms with Gasteiger partial charge in [0.1, 0.15) is 5.75 Å². The van der Waals surface area contributed by atoms with Crippen LogP contribution in [-0.4, -0.2) is 48.9 Å². The first kappa shape index (κ1) is 18.5. The Morgan fingerprint density at radius 1 is 0.963 bits per heavy atom. The molecule has 1 N–H and O–H groups in total. The summed E-state index contributed by atoms with van der Waals surface area (Å²) < 4.78 is 27.2. The molecule has 1 aliphatic heterocycles.